The third-order valence-electron chi connectivity index (χ3n) is 4.29. The maximum atomic E-state index is 13.0. The number of nitrogens with zero attached hydrogens (tertiary/aromatic N) is 1. The number of carbonyl (C=O) groups excluding carboxylic acids is 2. The Balaban J connectivity index is 1.72. The average Bonchev–Trinajstić information content (AvgIpc) is 3.33. The van der Waals surface area contributed by atoms with Crippen LogP contribution in [0.5, 0.6) is 0 Å². The Kier molecular flexibility index (Phi) is 5.13. The molecule has 1 N–H and O–H groups in total. The van der Waals surface area contributed by atoms with E-state index in [0.29, 0.717) is 49.2 Å². The van der Waals surface area contributed by atoms with E-state index in [4.69, 9.17) is 32.4 Å². The van der Waals surface area contributed by atoms with Gasteiger partial charge >= 0.3 is 5.97 Å². The minimum Gasteiger partial charge on any atom is -0.462 e. The number of halogens is 2. The normalized spacial score (nSPS) is 11.0. The zero-order valence-corrected chi connectivity index (χ0v) is 16.7. The summed E-state index contributed by atoms with van der Waals surface area (Å²) in [6.45, 7) is 1.98. The molecule has 0 unspecified atom stereocenters. The molecule has 1 amide bonds. The molecule has 0 saturated carbocycles. The van der Waals surface area contributed by atoms with E-state index in [1.54, 1.807) is 49.5 Å². The van der Waals surface area contributed by atoms with Crippen molar-refractivity contribution in [1.82, 2.24) is 4.98 Å². The van der Waals surface area contributed by atoms with Crippen molar-refractivity contribution in [1.29, 1.82) is 0 Å². The molecule has 3 heterocycles. The molecule has 29 heavy (non-hydrogen) atoms. The first-order valence-corrected chi connectivity index (χ1v) is 9.47. The first-order chi connectivity index (χ1) is 14.0. The van der Waals surface area contributed by atoms with Crippen LogP contribution in [0.1, 0.15) is 27.6 Å². The molecule has 0 fully saturated rings. The van der Waals surface area contributed by atoms with Gasteiger partial charge < -0.3 is 14.5 Å². The summed E-state index contributed by atoms with van der Waals surface area (Å²) in [5.41, 5.74) is 3.20. The Hall–Kier alpha value is -3.09. The summed E-state index contributed by atoms with van der Waals surface area (Å²) in [6.07, 6.45) is 2.98. The fraction of sp³-hybridized carbons (Fsp3) is 0.0952. The van der Waals surface area contributed by atoms with E-state index in [-0.39, 0.29) is 12.5 Å². The number of hydrogen-bond donors (Lipinski definition) is 1. The lowest BCUT2D eigenvalue weighted by Crippen LogP contribution is -2.13. The fourth-order valence-electron chi connectivity index (χ4n) is 3.04. The van der Waals surface area contributed by atoms with Crippen molar-refractivity contribution >= 4 is 51.9 Å². The van der Waals surface area contributed by atoms with Crippen LogP contribution in [-0.2, 0) is 4.74 Å². The molecule has 4 aromatic rings. The number of furan rings is 2. The number of carbonyl (C=O) groups is 2. The topological polar surface area (TPSA) is 81.4 Å². The number of aromatic nitrogens is 1. The van der Waals surface area contributed by atoms with Crippen LogP contribution in [0.4, 0.5) is 5.69 Å². The van der Waals surface area contributed by atoms with Crippen molar-refractivity contribution < 1.29 is 18.7 Å². The van der Waals surface area contributed by atoms with Crippen molar-refractivity contribution in [3.05, 3.63) is 70.0 Å². The van der Waals surface area contributed by atoms with Crippen molar-refractivity contribution in [3.63, 3.8) is 0 Å². The van der Waals surface area contributed by atoms with E-state index in [1.807, 2.05) is 0 Å². The number of hydrogen-bond acceptors (Lipinski definition) is 5. The van der Waals surface area contributed by atoms with E-state index >= 15 is 0 Å². The number of amides is 1. The smallest absolute Gasteiger partial charge is 0.339 e. The predicted molar refractivity (Wildman–Crippen MR) is 111 cm³/mol. The molecule has 0 radical (unpaired) electrons. The Morgan fingerprint density at radius 3 is 2.62 bits per heavy atom. The second kappa shape index (κ2) is 7.73. The molecule has 0 aliphatic rings. The lowest BCUT2D eigenvalue weighted by Gasteiger charge is -2.09. The van der Waals surface area contributed by atoms with Crippen LogP contribution in [0.3, 0.4) is 0 Å². The van der Waals surface area contributed by atoms with Crippen molar-refractivity contribution in [2.24, 2.45) is 0 Å². The number of fused-ring (bicyclic) bond motifs is 2. The summed E-state index contributed by atoms with van der Waals surface area (Å²) in [5.74, 6) is -0.865. The van der Waals surface area contributed by atoms with Crippen LogP contribution < -0.4 is 5.32 Å². The monoisotopic (exact) mass is 428 g/mol. The van der Waals surface area contributed by atoms with Gasteiger partial charge in [-0.1, -0.05) is 23.2 Å². The molecule has 0 spiro atoms. The molecule has 0 atom stereocenters. The van der Waals surface area contributed by atoms with Gasteiger partial charge in [0.1, 0.15) is 11.2 Å². The molecule has 3 aromatic heterocycles. The Labute approximate surface area is 175 Å². The van der Waals surface area contributed by atoms with Crippen LogP contribution in [0.25, 0.3) is 22.3 Å². The Morgan fingerprint density at radius 1 is 1.07 bits per heavy atom. The molecule has 1 aromatic carbocycles. The highest BCUT2D eigenvalue weighted by molar-refractivity contribution is 6.42. The number of anilines is 1. The van der Waals surface area contributed by atoms with Gasteiger partial charge in [0.05, 0.1) is 27.8 Å². The van der Waals surface area contributed by atoms with E-state index in [1.165, 1.54) is 6.20 Å². The maximum Gasteiger partial charge on any atom is 0.339 e. The van der Waals surface area contributed by atoms with Gasteiger partial charge in [0, 0.05) is 29.2 Å². The number of benzene rings is 2. The van der Waals surface area contributed by atoms with Gasteiger partial charge in [-0.15, -0.1) is 0 Å². The predicted octanol–water partition coefficient (Wildman–Crippen LogP) is 5.67. The zero-order valence-electron chi connectivity index (χ0n) is 15.2. The lowest BCUT2D eigenvalue weighted by atomic mass is 9.99. The molecular formula is C21H14Cl2N2O4. The highest BCUT2D eigenvalue weighted by atomic mass is 35.5. The molecule has 4 rings (SSSR count). The zero-order chi connectivity index (χ0) is 20.5. The third kappa shape index (κ3) is 3.64. The molecule has 0 aliphatic heterocycles. The number of nitrogens with one attached hydrogen (secondary N) is 1. The number of esters is 1. The minimum absolute atomic E-state index is 0.254. The van der Waals surface area contributed by atoms with Gasteiger partial charge in [0.2, 0.25) is 0 Å². The summed E-state index contributed by atoms with van der Waals surface area (Å²) in [7, 11) is 0. The summed E-state index contributed by atoms with van der Waals surface area (Å²) >= 11 is 12.0. The molecular weight excluding hydrogens is 415 g/mol. The standard InChI is InChI=1S/C21H14Cl2N2O4/c1-2-28-21(27)12-7-11(9-24-10-12)18-16-5-6-17(29-16)19(18)20(26)25-13-3-4-14(22)15(23)8-13/h3-10H,2H2,1H3,(H,25,26). The molecule has 8 heteroatoms. The van der Waals surface area contributed by atoms with Gasteiger partial charge in [-0.25, -0.2) is 4.79 Å². The quantitative estimate of drug-likeness (QED) is 0.414. The van der Waals surface area contributed by atoms with E-state index in [2.05, 4.69) is 10.3 Å². The van der Waals surface area contributed by atoms with Crippen LogP contribution in [0.15, 0.2) is 53.2 Å². The van der Waals surface area contributed by atoms with Crippen molar-refractivity contribution in [2.45, 2.75) is 6.92 Å². The van der Waals surface area contributed by atoms with Crippen LogP contribution >= 0.6 is 23.2 Å². The molecule has 0 saturated heterocycles. The van der Waals surface area contributed by atoms with Gasteiger partial charge in [-0.05, 0) is 43.3 Å². The number of rotatable bonds is 5. The summed E-state index contributed by atoms with van der Waals surface area (Å²) in [4.78, 5) is 29.2. The third-order valence-corrected chi connectivity index (χ3v) is 5.03. The number of ether oxygens (including phenoxy) is 1. The average molecular weight is 429 g/mol. The van der Waals surface area contributed by atoms with Gasteiger partial charge in [-0.2, -0.15) is 0 Å². The lowest BCUT2D eigenvalue weighted by molar-refractivity contribution is 0.0526. The van der Waals surface area contributed by atoms with E-state index < -0.39 is 5.97 Å². The Morgan fingerprint density at radius 2 is 1.86 bits per heavy atom. The molecule has 146 valence electrons. The van der Waals surface area contributed by atoms with Crippen molar-refractivity contribution in [3.8, 4) is 11.1 Å². The van der Waals surface area contributed by atoms with Gasteiger partial charge in [-0.3, -0.25) is 9.78 Å². The second-order valence-electron chi connectivity index (χ2n) is 6.18. The first kappa shape index (κ1) is 19.2. The highest BCUT2D eigenvalue weighted by Crippen LogP contribution is 2.37. The highest BCUT2D eigenvalue weighted by Gasteiger charge is 2.25. The second-order valence-corrected chi connectivity index (χ2v) is 6.99. The summed E-state index contributed by atoms with van der Waals surface area (Å²) in [6, 6.07) is 9.91. The number of pyridine rings is 1. The minimum atomic E-state index is -0.485. The van der Waals surface area contributed by atoms with Gasteiger partial charge in [0.25, 0.3) is 5.91 Å². The Bertz CT molecular complexity index is 1220. The molecule has 6 nitrogen and oxygen atoms in total. The largest absolute Gasteiger partial charge is 0.462 e. The van der Waals surface area contributed by atoms with E-state index in [9.17, 15) is 9.59 Å². The van der Waals surface area contributed by atoms with Gasteiger partial charge in [0.15, 0.2) is 0 Å². The summed E-state index contributed by atoms with van der Waals surface area (Å²) in [5, 5.41) is 3.52. The molecule has 0 aliphatic carbocycles. The van der Waals surface area contributed by atoms with Crippen LogP contribution in [0.2, 0.25) is 10.0 Å². The fourth-order valence-corrected chi connectivity index (χ4v) is 3.33. The van der Waals surface area contributed by atoms with Crippen LogP contribution in [0, 0.1) is 0 Å². The maximum absolute atomic E-state index is 13.0. The summed E-state index contributed by atoms with van der Waals surface area (Å²) < 4.78 is 10.7. The van der Waals surface area contributed by atoms with Crippen molar-refractivity contribution in [2.75, 3.05) is 11.9 Å². The SMILES string of the molecule is CCOC(=O)c1cncc(-c2c(C(=O)Nc3ccc(Cl)c(Cl)c3)c3ccc2o3)c1. The first-order valence-electron chi connectivity index (χ1n) is 8.71. The molecule has 2 bridgehead atoms. The van der Waals surface area contributed by atoms with Crippen LogP contribution in [-0.4, -0.2) is 23.5 Å². The van der Waals surface area contributed by atoms with E-state index in [0.717, 1.165) is 0 Å².